The van der Waals surface area contributed by atoms with E-state index in [0.29, 0.717) is 0 Å². The van der Waals surface area contributed by atoms with Gasteiger partial charge in [-0.2, -0.15) is 0 Å². The lowest BCUT2D eigenvalue weighted by Crippen LogP contribution is -2.12. The molecule has 0 saturated heterocycles. The standard InChI is InChI=1S/C28H27NO2S/c1-5-22-18-27(28(31-4)19-23(22)6-2)29(3)26-15-14-25(17-24(26)13-10-16-30)32-20-21-11-8-7-9-12-21/h5-19H,1-2,20H2,3-4H3/b13-10-. The first-order chi connectivity index (χ1) is 15.6. The number of rotatable bonds is 10. The highest BCUT2D eigenvalue weighted by molar-refractivity contribution is 7.98. The zero-order chi connectivity index (χ0) is 22.9. The summed E-state index contributed by atoms with van der Waals surface area (Å²) in [5.41, 5.74) is 6.02. The largest absolute Gasteiger partial charge is 0.495 e. The van der Waals surface area contributed by atoms with E-state index in [1.165, 1.54) is 11.6 Å². The smallest absolute Gasteiger partial charge is 0.143 e. The molecule has 0 radical (unpaired) electrons. The molecule has 4 heteroatoms. The van der Waals surface area contributed by atoms with Crippen molar-refractivity contribution in [2.45, 2.75) is 10.6 Å². The van der Waals surface area contributed by atoms with Crippen molar-refractivity contribution < 1.29 is 9.53 Å². The van der Waals surface area contributed by atoms with Gasteiger partial charge in [0, 0.05) is 23.4 Å². The minimum atomic E-state index is 0.737. The van der Waals surface area contributed by atoms with Crippen LogP contribution in [-0.4, -0.2) is 20.4 Å². The van der Waals surface area contributed by atoms with E-state index in [0.717, 1.165) is 50.7 Å². The molecule has 0 bridgehead atoms. The first kappa shape index (κ1) is 23.2. The van der Waals surface area contributed by atoms with E-state index in [4.69, 9.17) is 4.74 Å². The normalized spacial score (nSPS) is 10.7. The maximum Gasteiger partial charge on any atom is 0.143 e. The number of nitrogens with zero attached hydrogens (tertiary/aromatic N) is 1. The highest BCUT2D eigenvalue weighted by atomic mass is 32.2. The summed E-state index contributed by atoms with van der Waals surface area (Å²) in [6, 6.07) is 20.7. The Hall–Kier alpha value is -3.50. The predicted molar refractivity (Wildman–Crippen MR) is 139 cm³/mol. The first-order valence-electron chi connectivity index (χ1n) is 10.2. The van der Waals surface area contributed by atoms with Gasteiger partial charge in [0.1, 0.15) is 12.0 Å². The van der Waals surface area contributed by atoms with Crippen LogP contribution in [0, 0.1) is 0 Å². The SMILES string of the molecule is C=Cc1cc(OC)c(N(C)c2ccc(SCc3ccccc3)cc2/C=C\C=O)cc1C=C. The molecule has 0 fully saturated rings. The molecule has 3 aromatic carbocycles. The third-order valence-electron chi connectivity index (χ3n) is 5.15. The Morgan fingerprint density at radius 3 is 2.31 bits per heavy atom. The number of hydrogen-bond donors (Lipinski definition) is 0. The maximum absolute atomic E-state index is 11.0. The molecule has 0 aliphatic carbocycles. The molecule has 0 N–H and O–H groups in total. The number of allylic oxidation sites excluding steroid dienone is 1. The number of hydrogen-bond acceptors (Lipinski definition) is 4. The van der Waals surface area contributed by atoms with E-state index in [1.54, 1.807) is 24.9 Å². The summed E-state index contributed by atoms with van der Waals surface area (Å²) in [4.78, 5) is 14.2. The summed E-state index contributed by atoms with van der Waals surface area (Å²) in [5, 5.41) is 0. The van der Waals surface area contributed by atoms with E-state index in [1.807, 2.05) is 37.4 Å². The van der Waals surface area contributed by atoms with Crippen LogP contribution in [0.1, 0.15) is 22.3 Å². The average Bonchev–Trinajstić information content (AvgIpc) is 2.85. The summed E-state index contributed by atoms with van der Waals surface area (Å²) >= 11 is 1.77. The van der Waals surface area contributed by atoms with E-state index < -0.39 is 0 Å². The second-order valence-corrected chi connectivity index (χ2v) is 8.16. The summed E-state index contributed by atoms with van der Waals surface area (Å²) in [5.74, 6) is 1.62. The van der Waals surface area contributed by atoms with Gasteiger partial charge in [-0.25, -0.2) is 0 Å². The third-order valence-corrected chi connectivity index (χ3v) is 6.21. The molecule has 0 amide bonds. The summed E-state index contributed by atoms with van der Waals surface area (Å²) in [6.07, 6.45) is 7.75. The van der Waals surface area contributed by atoms with Gasteiger partial charge in [-0.05, 0) is 64.7 Å². The lowest BCUT2D eigenvalue weighted by molar-refractivity contribution is -0.104. The van der Waals surface area contributed by atoms with Crippen LogP contribution in [-0.2, 0) is 10.5 Å². The molecular weight excluding hydrogens is 414 g/mol. The highest BCUT2D eigenvalue weighted by Gasteiger charge is 2.15. The molecule has 0 spiro atoms. The van der Waals surface area contributed by atoms with Crippen LogP contribution >= 0.6 is 11.8 Å². The molecular formula is C28H27NO2S. The van der Waals surface area contributed by atoms with E-state index >= 15 is 0 Å². The molecule has 0 unspecified atom stereocenters. The van der Waals surface area contributed by atoms with Gasteiger partial charge in [0.05, 0.1) is 12.8 Å². The fraction of sp³-hybridized carbons (Fsp3) is 0.107. The Labute approximate surface area is 194 Å². The number of carbonyl (C=O) groups excluding carboxylic acids is 1. The summed E-state index contributed by atoms with van der Waals surface area (Å²) in [7, 11) is 3.65. The number of ether oxygens (including phenoxy) is 1. The summed E-state index contributed by atoms with van der Waals surface area (Å²) < 4.78 is 5.66. The quantitative estimate of drug-likeness (QED) is 0.188. The Morgan fingerprint density at radius 1 is 0.938 bits per heavy atom. The van der Waals surface area contributed by atoms with Crippen LogP contribution in [0.4, 0.5) is 11.4 Å². The molecule has 0 heterocycles. The molecule has 0 atom stereocenters. The van der Waals surface area contributed by atoms with Crippen molar-refractivity contribution in [3.8, 4) is 5.75 Å². The van der Waals surface area contributed by atoms with Crippen LogP contribution in [0.15, 0.2) is 84.8 Å². The van der Waals surface area contributed by atoms with Gasteiger partial charge in [0.2, 0.25) is 0 Å². The molecule has 0 aromatic heterocycles. The Balaban J connectivity index is 1.98. The lowest BCUT2D eigenvalue weighted by atomic mass is 10.0. The van der Waals surface area contributed by atoms with Gasteiger partial charge in [-0.1, -0.05) is 55.6 Å². The van der Waals surface area contributed by atoms with Crippen LogP contribution in [0.3, 0.4) is 0 Å². The monoisotopic (exact) mass is 441 g/mol. The van der Waals surface area contributed by atoms with E-state index in [-0.39, 0.29) is 0 Å². The minimum Gasteiger partial charge on any atom is -0.495 e. The van der Waals surface area contributed by atoms with Gasteiger partial charge in [-0.15, -0.1) is 11.8 Å². The van der Waals surface area contributed by atoms with Crippen molar-refractivity contribution in [3.05, 3.63) is 102 Å². The number of thioether (sulfide) groups is 1. The van der Waals surface area contributed by atoms with Crippen molar-refractivity contribution in [3.63, 3.8) is 0 Å². The predicted octanol–water partition coefficient (Wildman–Crippen LogP) is 7.25. The number of anilines is 2. The van der Waals surface area contributed by atoms with Gasteiger partial charge >= 0.3 is 0 Å². The number of benzene rings is 3. The van der Waals surface area contributed by atoms with Crippen LogP contribution in [0.25, 0.3) is 18.2 Å². The van der Waals surface area contributed by atoms with Gasteiger partial charge in [-0.3, -0.25) is 4.79 Å². The fourth-order valence-corrected chi connectivity index (χ4v) is 4.35. The molecule has 0 saturated carbocycles. The lowest BCUT2D eigenvalue weighted by Gasteiger charge is -2.25. The number of carbonyl (C=O) groups is 1. The highest BCUT2D eigenvalue weighted by Crippen LogP contribution is 2.39. The van der Waals surface area contributed by atoms with Crippen molar-refractivity contribution in [2.24, 2.45) is 0 Å². The molecule has 162 valence electrons. The zero-order valence-corrected chi connectivity index (χ0v) is 19.3. The van der Waals surface area contributed by atoms with Crippen LogP contribution in [0.5, 0.6) is 5.75 Å². The Morgan fingerprint density at radius 2 is 1.66 bits per heavy atom. The van der Waals surface area contributed by atoms with Gasteiger partial charge in [0.25, 0.3) is 0 Å². The molecule has 3 nitrogen and oxygen atoms in total. The number of methoxy groups -OCH3 is 1. The first-order valence-corrected chi connectivity index (χ1v) is 11.2. The minimum absolute atomic E-state index is 0.737. The molecule has 0 aliphatic rings. The van der Waals surface area contributed by atoms with Crippen molar-refractivity contribution >= 4 is 47.7 Å². The van der Waals surface area contributed by atoms with E-state index in [9.17, 15) is 4.79 Å². The topological polar surface area (TPSA) is 29.5 Å². The van der Waals surface area contributed by atoms with Crippen molar-refractivity contribution in [1.82, 2.24) is 0 Å². The van der Waals surface area contributed by atoms with Crippen LogP contribution in [0.2, 0.25) is 0 Å². The van der Waals surface area contributed by atoms with E-state index in [2.05, 4.69) is 60.5 Å². The van der Waals surface area contributed by atoms with Gasteiger partial charge in [0.15, 0.2) is 0 Å². The fourth-order valence-electron chi connectivity index (χ4n) is 3.45. The van der Waals surface area contributed by atoms with Gasteiger partial charge < -0.3 is 9.64 Å². The Kier molecular flexibility index (Phi) is 8.12. The van der Waals surface area contributed by atoms with Crippen molar-refractivity contribution in [1.29, 1.82) is 0 Å². The second-order valence-electron chi connectivity index (χ2n) is 7.11. The van der Waals surface area contributed by atoms with Crippen molar-refractivity contribution in [2.75, 3.05) is 19.1 Å². The third kappa shape index (κ3) is 5.40. The molecule has 3 aromatic rings. The Bertz CT molecular complexity index is 1140. The molecule has 32 heavy (non-hydrogen) atoms. The zero-order valence-electron chi connectivity index (χ0n) is 18.5. The molecule has 3 rings (SSSR count). The average molecular weight is 442 g/mol. The van der Waals surface area contributed by atoms with Crippen LogP contribution < -0.4 is 9.64 Å². The maximum atomic E-state index is 11.0. The summed E-state index contributed by atoms with van der Waals surface area (Å²) in [6.45, 7) is 7.81. The molecule has 0 aliphatic heterocycles. The second kappa shape index (κ2) is 11.2. The number of aldehydes is 1.